The van der Waals surface area contributed by atoms with Gasteiger partial charge in [-0.25, -0.2) is 4.79 Å². The lowest BCUT2D eigenvalue weighted by atomic mass is 10.1. The van der Waals surface area contributed by atoms with Crippen LogP contribution in [0.15, 0.2) is 52.1 Å². The van der Waals surface area contributed by atoms with Gasteiger partial charge in [0.05, 0.1) is 19.3 Å². The van der Waals surface area contributed by atoms with Crippen molar-refractivity contribution in [2.75, 3.05) is 18.6 Å². The molecule has 0 saturated heterocycles. The van der Waals surface area contributed by atoms with Gasteiger partial charge in [-0.2, -0.15) is 4.98 Å². The van der Waals surface area contributed by atoms with Crippen molar-refractivity contribution in [1.82, 2.24) is 18.7 Å². The van der Waals surface area contributed by atoms with Crippen molar-refractivity contribution in [1.29, 1.82) is 0 Å². The Labute approximate surface area is 191 Å². The van der Waals surface area contributed by atoms with Crippen molar-refractivity contribution < 1.29 is 4.74 Å². The van der Waals surface area contributed by atoms with Crippen LogP contribution in [0.5, 0.6) is 5.75 Å². The first-order chi connectivity index (χ1) is 15.9. The Morgan fingerprint density at radius 2 is 1.85 bits per heavy atom. The van der Waals surface area contributed by atoms with Gasteiger partial charge in [-0.1, -0.05) is 30.3 Å². The van der Waals surface area contributed by atoms with Gasteiger partial charge < -0.3 is 14.2 Å². The van der Waals surface area contributed by atoms with E-state index in [4.69, 9.17) is 9.72 Å². The number of fused-ring (bicyclic) bond motifs is 3. The summed E-state index contributed by atoms with van der Waals surface area (Å²) in [6, 6.07) is 13.8. The average molecular weight is 446 g/mol. The Bertz CT molecular complexity index is 1490. The zero-order chi connectivity index (χ0) is 23.3. The second-order valence-corrected chi connectivity index (χ2v) is 8.58. The highest BCUT2D eigenvalue weighted by Crippen LogP contribution is 2.37. The first-order valence-electron chi connectivity index (χ1n) is 11.1. The quantitative estimate of drug-likeness (QED) is 0.483. The lowest BCUT2D eigenvalue weighted by molar-refractivity contribution is 0.414. The van der Waals surface area contributed by atoms with Gasteiger partial charge in [0.1, 0.15) is 5.75 Å². The summed E-state index contributed by atoms with van der Waals surface area (Å²) in [5.74, 6) is 1.40. The number of methoxy groups -OCH3 is 1. The van der Waals surface area contributed by atoms with Gasteiger partial charge in [0.2, 0.25) is 5.95 Å². The Morgan fingerprint density at radius 3 is 2.61 bits per heavy atom. The van der Waals surface area contributed by atoms with Gasteiger partial charge in [-0.15, -0.1) is 0 Å². The summed E-state index contributed by atoms with van der Waals surface area (Å²) < 4.78 is 10.3. The van der Waals surface area contributed by atoms with Gasteiger partial charge in [0.25, 0.3) is 5.56 Å². The number of rotatable bonds is 4. The summed E-state index contributed by atoms with van der Waals surface area (Å²) in [6.07, 6.45) is 0.843. The SMILES string of the molecule is COc1ccc(C)cc1N1CCCn2c1nc1c2c(=O)n(Cc2ccccc2C)c(=O)n1C. The van der Waals surface area contributed by atoms with Gasteiger partial charge in [0, 0.05) is 20.1 Å². The van der Waals surface area contributed by atoms with Crippen LogP contribution in [-0.4, -0.2) is 32.3 Å². The number of ether oxygens (including phenoxy) is 1. The van der Waals surface area contributed by atoms with Crippen molar-refractivity contribution in [2.45, 2.75) is 33.4 Å². The third-order valence-corrected chi connectivity index (χ3v) is 6.43. The third-order valence-electron chi connectivity index (χ3n) is 6.43. The maximum atomic E-state index is 13.6. The van der Waals surface area contributed by atoms with Crippen molar-refractivity contribution in [3.63, 3.8) is 0 Å². The Kier molecular flexibility index (Phi) is 5.08. The maximum absolute atomic E-state index is 13.6. The van der Waals surface area contributed by atoms with Gasteiger partial charge >= 0.3 is 5.69 Å². The first kappa shape index (κ1) is 21.1. The Balaban J connectivity index is 1.73. The lowest BCUT2D eigenvalue weighted by Crippen LogP contribution is -2.40. The minimum atomic E-state index is -0.370. The lowest BCUT2D eigenvalue weighted by Gasteiger charge is -2.30. The van der Waals surface area contributed by atoms with Crippen LogP contribution in [0.3, 0.4) is 0 Å². The summed E-state index contributed by atoms with van der Waals surface area (Å²) in [6.45, 7) is 5.65. The molecule has 0 N–H and O–H groups in total. The van der Waals surface area contributed by atoms with Crippen molar-refractivity contribution >= 4 is 22.8 Å². The summed E-state index contributed by atoms with van der Waals surface area (Å²) in [7, 11) is 3.32. The summed E-state index contributed by atoms with van der Waals surface area (Å²) in [5, 5.41) is 0. The van der Waals surface area contributed by atoms with Crippen LogP contribution in [0.25, 0.3) is 11.2 Å². The molecule has 8 heteroatoms. The minimum Gasteiger partial charge on any atom is -0.495 e. The molecule has 0 aliphatic carbocycles. The van der Waals surface area contributed by atoms with Crippen LogP contribution >= 0.6 is 0 Å². The van der Waals surface area contributed by atoms with E-state index in [1.807, 2.05) is 54.8 Å². The summed E-state index contributed by atoms with van der Waals surface area (Å²) >= 11 is 0. The fourth-order valence-corrected chi connectivity index (χ4v) is 4.60. The number of imidazole rings is 1. The van der Waals surface area contributed by atoms with Gasteiger partial charge in [0.15, 0.2) is 11.2 Å². The molecule has 3 heterocycles. The molecule has 1 aliphatic rings. The molecule has 0 unspecified atom stereocenters. The highest BCUT2D eigenvalue weighted by atomic mass is 16.5. The van der Waals surface area contributed by atoms with E-state index in [0.29, 0.717) is 23.7 Å². The number of nitrogens with zero attached hydrogens (tertiary/aromatic N) is 5. The van der Waals surface area contributed by atoms with Crippen LogP contribution in [0.1, 0.15) is 23.1 Å². The van der Waals surface area contributed by atoms with E-state index >= 15 is 0 Å². The van der Waals surface area contributed by atoms with Crippen molar-refractivity contribution in [3.8, 4) is 5.75 Å². The van der Waals surface area contributed by atoms with Crippen LogP contribution in [0, 0.1) is 13.8 Å². The van der Waals surface area contributed by atoms with E-state index in [2.05, 4.69) is 11.0 Å². The fraction of sp³-hybridized carbons (Fsp3) is 0.320. The second kappa shape index (κ2) is 7.95. The topological polar surface area (TPSA) is 74.3 Å². The van der Waals surface area contributed by atoms with E-state index in [0.717, 1.165) is 41.1 Å². The molecule has 8 nitrogen and oxygen atoms in total. The molecular weight excluding hydrogens is 418 g/mol. The standard InChI is InChI=1S/C25H27N5O3/c1-16-10-11-20(33-4)19(14-16)28-12-7-13-29-21-22(26-24(28)29)27(3)25(32)30(23(21)31)15-18-9-6-5-8-17(18)2/h5-6,8-11,14H,7,12-13,15H2,1-4H3. The number of benzene rings is 2. The zero-order valence-electron chi connectivity index (χ0n) is 19.3. The molecule has 0 bridgehead atoms. The molecule has 5 rings (SSSR count). The Hall–Kier alpha value is -3.81. The molecule has 0 radical (unpaired) electrons. The van der Waals surface area contributed by atoms with E-state index < -0.39 is 0 Å². The molecule has 0 amide bonds. The second-order valence-electron chi connectivity index (χ2n) is 8.58. The van der Waals surface area contributed by atoms with E-state index in [-0.39, 0.29) is 17.8 Å². The highest BCUT2D eigenvalue weighted by molar-refractivity contribution is 5.78. The highest BCUT2D eigenvalue weighted by Gasteiger charge is 2.28. The molecule has 0 saturated carbocycles. The number of hydrogen-bond acceptors (Lipinski definition) is 5. The molecule has 2 aromatic carbocycles. The van der Waals surface area contributed by atoms with Crippen LogP contribution in [0.2, 0.25) is 0 Å². The smallest absolute Gasteiger partial charge is 0.332 e. The van der Waals surface area contributed by atoms with Gasteiger partial charge in [-0.05, 0) is 49.1 Å². The Morgan fingerprint density at radius 1 is 1.06 bits per heavy atom. The number of hydrogen-bond donors (Lipinski definition) is 0. The molecule has 4 aromatic rings. The zero-order valence-corrected chi connectivity index (χ0v) is 19.3. The normalized spacial score (nSPS) is 13.4. The van der Waals surface area contributed by atoms with Crippen molar-refractivity contribution in [2.24, 2.45) is 7.05 Å². The van der Waals surface area contributed by atoms with Gasteiger partial charge in [-0.3, -0.25) is 13.9 Å². The number of aryl methyl sites for hydroxylation is 4. The van der Waals surface area contributed by atoms with Crippen LogP contribution in [-0.2, 0) is 20.1 Å². The van der Waals surface area contributed by atoms with E-state index in [1.54, 1.807) is 14.2 Å². The molecule has 0 atom stereocenters. The molecule has 2 aromatic heterocycles. The molecule has 170 valence electrons. The molecule has 0 spiro atoms. The van der Waals surface area contributed by atoms with E-state index in [1.165, 1.54) is 9.13 Å². The predicted molar refractivity (Wildman–Crippen MR) is 129 cm³/mol. The predicted octanol–water partition coefficient (Wildman–Crippen LogP) is 3.11. The van der Waals surface area contributed by atoms with Crippen molar-refractivity contribution in [3.05, 3.63) is 80.0 Å². The molecule has 0 fully saturated rings. The van der Waals surface area contributed by atoms with Crippen LogP contribution < -0.4 is 20.9 Å². The summed E-state index contributed by atoms with van der Waals surface area (Å²) in [5.41, 5.74) is 4.17. The monoisotopic (exact) mass is 445 g/mol. The minimum absolute atomic E-state index is 0.226. The maximum Gasteiger partial charge on any atom is 0.332 e. The first-order valence-corrected chi connectivity index (χ1v) is 11.1. The number of anilines is 2. The largest absolute Gasteiger partial charge is 0.495 e. The van der Waals surface area contributed by atoms with E-state index in [9.17, 15) is 9.59 Å². The van der Waals surface area contributed by atoms with Crippen LogP contribution in [0.4, 0.5) is 11.6 Å². The molecule has 33 heavy (non-hydrogen) atoms. The fourth-order valence-electron chi connectivity index (χ4n) is 4.60. The molecule has 1 aliphatic heterocycles. The summed E-state index contributed by atoms with van der Waals surface area (Å²) in [4.78, 5) is 33.6. The third kappa shape index (κ3) is 3.33. The molecular formula is C25H27N5O3. The number of aromatic nitrogens is 4. The average Bonchev–Trinajstić information content (AvgIpc) is 3.21.